The highest BCUT2D eigenvalue weighted by molar-refractivity contribution is 6.05. The van der Waals surface area contributed by atoms with Crippen molar-refractivity contribution in [3.05, 3.63) is 29.1 Å². The summed E-state index contributed by atoms with van der Waals surface area (Å²) in [6.07, 6.45) is 14.6. The Balaban J connectivity index is 0.918. The van der Waals surface area contributed by atoms with Crippen molar-refractivity contribution in [1.29, 1.82) is 0 Å². The van der Waals surface area contributed by atoms with Crippen LogP contribution in [-0.4, -0.2) is 47.4 Å². The van der Waals surface area contributed by atoms with Gasteiger partial charge in [-0.1, -0.05) is 19.3 Å². The molecule has 4 saturated carbocycles. The molecule has 2 N–H and O–H groups in total. The summed E-state index contributed by atoms with van der Waals surface area (Å²) >= 11 is 0. The van der Waals surface area contributed by atoms with Crippen molar-refractivity contribution in [2.45, 2.75) is 102 Å². The summed E-state index contributed by atoms with van der Waals surface area (Å²) in [5.74, 6) is 1.60. The van der Waals surface area contributed by atoms with Crippen LogP contribution in [0.2, 0.25) is 0 Å². The summed E-state index contributed by atoms with van der Waals surface area (Å²) in [7, 11) is 0. The van der Waals surface area contributed by atoms with Gasteiger partial charge in [-0.15, -0.1) is 0 Å². The van der Waals surface area contributed by atoms with E-state index in [2.05, 4.69) is 10.6 Å². The first kappa shape index (κ1) is 25.8. The third-order valence-electron chi connectivity index (χ3n) is 9.70. The molecule has 1 atom stereocenters. The van der Waals surface area contributed by atoms with Crippen LogP contribution in [0.15, 0.2) is 12.1 Å². The summed E-state index contributed by atoms with van der Waals surface area (Å²) in [5.41, 5.74) is 1.32. The Bertz CT molecular complexity index is 1070. The minimum atomic E-state index is -0.721. The van der Waals surface area contributed by atoms with E-state index in [0.29, 0.717) is 23.5 Å². The third kappa shape index (κ3) is 5.21. The maximum Gasteiger partial charge on any atom is 0.255 e. The Hall–Kier alpha value is -2.48. The first-order valence-corrected chi connectivity index (χ1v) is 14.7. The Morgan fingerprint density at radius 3 is 2.37 bits per heavy atom. The zero-order valence-electron chi connectivity index (χ0n) is 22.2. The van der Waals surface area contributed by atoms with Crippen molar-refractivity contribution in [2.75, 3.05) is 13.2 Å². The van der Waals surface area contributed by atoms with Crippen LogP contribution in [0.4, 0.5) is 4.39 Å². The molecule has 2 aliphatic heterocycles. The van der Waals surface area contributed by atoms with Gasteiger partial charge in [-0.05, 0) is 88.2 Å². The minimum Gasteiger partial charge on any atom is -0.493 e. The highest BCUT2D eigenvalue weighted by Crippen LogP contribution is 2.55. The molecule has 0 radical (unpaired) electrons. The molecule has 6 aliphatic rings. The van der Waals surface area contributed by atoms with Crippen LogP contribution in [0.5, 0.6) is 5.75 Å². The number of unbranched alkanes of at least 4 members (excludes halogenated alkanes) is 4. The normalized spacial score (nSPS) is 31.6. The standard InChI is InChI=1S/C30H40FN3O4/c31-22-13-23-24(18-34(29(23)37)25-6-7-27(35)33-28(25)36)26(14-22)38-9-5-3-1-2-4-8-32-30-15-19-10-20(16-30)12-21(11-19)17-30/h13-14,19-21,25,32H,1-12,15-18H2,(H,33,35,36). The molecule has 206 valence electrons. The van der Waals surface area contributed by atoms with Gasteiger partial charge in [0.1, 0.15) is 17.6 Å². The molecule has 38 heavy (non-hydrogen) atoms. The van der Waals surface area contributed by atoms with Crippen LogP contribution in [0.3, 0.4) is 0 Å². The largest absolute Gasteiger partial charge is 0.493 e. The molecule has 4 aliphatic carbocycles. The van der Waals surface area contributed by atoms with Crippen LogP contribution < -0.4 is 15.4 Å². The fraction of sp³-hybridized carbons (Fsp3) is 0.700. The van der Waals surface area contributed by atoms with Gasteiger partial charge in [0.25, 0.3) is 5.91 Å². The molecule has 1 unspecified atom stereocenters. The van der Waals surface area contributed by atoms with E-state index in [1.807, 2.05) is 0 Å². The maximum atomic E-state index is 14.3. The van der Waals surface area contributed by atoms with Gasteiger partial charge in [-0.25, -0.2) is 4.39 Å². The van der Waals surface area contributed by atoms with Gasteiger partial charge in [-0.2, -0.15) is 0 Å². The summed E-state index contributed by atoms with van der Waals surface area (Å²) in [4.78, 5) is 38.1. The molecule has 2 heterocycles. The lowest BCUT2D eigenvalue weighted by Crippen LogP contribution is -2.58. The lowest BCUT2D eigenvalue weighted by atomic mass is 9.53. The Labute approximate surface area is 224 Å². The van der Waals surface area contributed by atoms with Crippen LogP contribution in [0, 0.1) is 23.6 Å². The van der Waals surface area contributed by atoms with Crippen molar-refractivity contribution in [1.82, 2.24) is 15.5 Å². The molecular formula is C30H40FN3O4. The number of ether oxygens (including phenoxy) is 1. The Morgan fingerprint density at radius 1 is 0.974 bits per heavy atom. The SMILES string of the molecule is O=C1CCC(N2Cc3c(OCCCCCCCNC45CC6CC(CC(C6)C4)C5)cc(F)cc3C2=O)C(=O)N1. The quantitative estimate of drug-likeness (QED) is 0.329. The van der Waals surface area contributed by atoms with Crippen LogP contribution in [0.1, 0.15) is 99.4 Å². The van der Waals surface area contributed by atoms with Gasteiger partial charge in [-0.3, -0.25) is 19.7 Å². The average Bonchev–Trinajstić information content (AvgIpc) is 3.18. The van der Waals surface area contributed by atoms with E-state index in [0.717, 1.165) is 43.6 Å². The molecule has 8 heteroatoms. The highest BCUT2D eigenvalue weighted by Gasteiger charge is 2.50. The average molecular weight is 526 g/mol. The topological polar surface area (TPSA) is 87.7 Å². The molecule has 1 aromatic carbocycles. The zero-order valence-corrected chi connectivity index (χ0v) is 22.2. The minimum absolute atomic E-state index is 0.187. The summed E-state index contributed by atoms with van der Waals surface area (Å²) < 4.78 is 20.2. The number of carbonyl (C=O) groups is 3. The van der Waals surface area contributed by atoms with Crippen LogP contribution in [0.25, 0.3) is 0 Å². The number of hydrogen-bond acceptors (Lipinski definition) is 5. The third-order valence-corrected chi connectivity index (χ3v) is 9.70. The second kappa shape index (κ2) is 10.6. The number of nitrogens with zero attached hydrogens (tertiary/aromatic N) is 1. The lowest BCUT2D eigenvalue weighted by molar-refractivity contribution is -0.136. The van der Waals surface area contributed by atoms with E-state index in [-0.39, 0.29) is 36.8 Å². The molecule has 1 aromatic rings. The summed E-state index contributed by atoms with van der Waals surface area (Å²) in [5, 5.41) is 6.28. The number of nitrogens with one attached hydrogen (secondary N) is 2. The van der Waals surface area contributed by atoms with Crippen LogP contribution >= 0.6 is 0 Å². The first-order chi connectivity index (χ1) is 18.4. The van der Waals surface area contributed by atoms with E-state index >= 15 is 0 Å². The van der Waals surface area contributed by atoms with Gasteiger partial charge in [0, 0.05) is 23.6 Å². The molecule has 0 spiro atoms. The number of hydrogen-bond donors (Lipinski definition) is 2. The molecule has 7 nitrogen and oxygen atoms in total. The number of imide groups is 1. The van der Waals surface area contributed by atoms with Crippen molar-refractivity contribution >= 4 is 17.7 Å². The van der Waals surface area contributed by atoms with Gasteiger partial charge < -0.3 is 15.0 Å². The number of carbonyl (C=O) groups excluding carboxylic acids is 3. The number of fused-ring (bicyclic) bond motifs is 1. The fourth-order valence-corrected chi connectivity index (χ4v) is 8.34. The van der Waals surface area contributed by atoms with Gasteiger partial charge >= 0.3 is 0 Å². The van der Waals surface area contributed by atoms with Crippen LogP contribution in [-0.2, 0) is 16.1 Å². The maximum absolute atomic E-state index is 14.3. The predicted octanol–water partition coefficient (Wildman–Crippen LogP) is 4.47. The molecule has 7 rings (SSSR count). The molecule has 1 saturated heterocycles. The smallest absolute Gasteiger partial charge is 0.255 e. The van der Waals surface area contributed by atoms with Gasteiger partial charge in [0.15, 0.2) is 0 Å². The number of halogens is 1. The lowest BCUT2D eigenvalue weighted by Gasteiger charge is -2.57. The highest BCUT2D eigenvalue weighted by atomic mass is 19.1. The molecule has 3 amide bonds. The Kier molecular flexibility index (Phi) is 7.18. The van der Waals surface area contributed by atoms with Crippen molar-refractivity contribution < 1.29 is 23.5 Å². The van der Waals surface area contributed by atoms with E-state index in [1.165, 1.54) is 68.4 Å². The summed E-state index contributed by atoms with van der Waals surface area (Å²) in [6.45, 7) is 1.77. The van der Waals surface area contributed by atoms with E-state index < -0.39 is 17.8 Å². The second-order valence-corrected chi connectivity index (χ2v) is 12.6. The molecule has 0 aromatic heterocycles. The van der Waals surface area contributed by atoms with E-state index in [4.69, 9.17) is 4.74 Å². The number of amides is 3. The molecule has 5 fully saturated rings. The number of rotatable bonds is 11. The van der Waals surface area contributed by atoms with Gasteiger partial charge in [0.05, 0.1) is 18.7 Å². The summed E-state index contributed by atoms with van der Waals surface area (Å²) in [6, 6.07) is 1.82. The van der Waals surface area contributed by atoms with Crippen molar-refractivity contribution in [3.63, 3.8) is 0 Å². The molecular weight excluding hydrogens is 485 g/mol. The van der Waals surface area contributed by atoms with E-state index in [9.17, 15) is 18.8 Å². The fourth-order valence-electron chi connectivity index (χ4n) is 8.34. The van der Waals surface area contributed by atoms with Gasteiger partial charge in [0.2, 0.25) is 11.8 Å². The van der Waals surface area contributed by atoms with E-state index in [1.54, 1.807) is 0 Å². The van der Waals surface area contributed by atoms with Crippen molar-refractivity contribution in [2.24, 2.45) is 17.8 Å². The van der Waals surface area contributed by atoms with Crippen molar-refractivity contribution in [3.8, 4) is 5.75 Å². The predicted molar refractivity (Wildman–Crippen MR) is 140 cm³/mol. The first-order valence-electron chi connectivity index (χ1n) is 14.7. The number of piperidine rings is 1. The number of benzene rings is 1. The Morgan fingerprint density at radius 2 is 1.66 bits per heavy atom. The second-order valence-electron chi connectivity index (χ2n) is 12.6. The monoisotopic (exact) mass is 525 g/mol. The zero-order chi connectivity index (χ0) is 26.3. The molecule has 4 bridgehead atoms.